The van der Waals surface area contributed by atoms with Crippen LogP contribution < -0.4 is 10.2 Å². The number of anilines is 2. The summed E-state index contributed by atoms with van der Waals surface area (Å²) in [6.07, 6.45) is 2.04. The van der Waals surface area contributed by atoms with Crippen LogP contribution in [0.3, 0.4) is 0 Å². The Morgan fingerprint density at radius 2 is 1.38 bits per heavy atom. The van der Waals surface area contributed by atoms with Gasteiger partial charge in [-0.15, -0.1) is 0 Å². The van der Waals surface area contributed by atoms with Crippen LogP contribution in [0.25, 0.3) is 0 Å². The molecule has 1 aliphatic heterocycles. The number of aryl methyl sites for hydroxylation is 1. The van der Waals surface area contributed by atoms with Gasteiger partial charge in [0, 0.05) is 18.3 Å². The van der Waals surface area contributed by atoms with E-state index in [1.165, 1.54) is 35.7 Å². The Kier molecular flexibility index (Phi) is 5.34. The lowest BCUT2D eigenvalue weighted by molar-refractivity contribution is -0.114. The lowest BCUT2D eigenvalue weighted by Gasteiger charge is -2.33. The van der Waals surface area contributed by atoms with E-state index in [2.05, 4.69) is 53.5 Å². The molecule has 2 atom stereocenters. The highest BCUT2D eigenvalue weighted by molar-refractivity contribution is 5.88. The van der Waals surface area contributed by atoms with Crippen LogP contribution >= 0.6 is 0 Å². The minimum atomic E-state index is -0.226. The van der Waals surface area contributed by atoms with Crippen molar-refractivity contribution in [3.63, 3.8) is 0 Å². The van der Waals surface area contributed by atoms with Gasteiger partial charge in [-0.05, 0) is 67.3 Å². The molecule has 0 bridgehead atoms. The van der Waals surface area contributed by atoms with Crippen LogP contribution in [0.1, 0.15) is 48.5 Å². The zero-order valence-electron chi connectivity index (χ0n) is 16.7. The van der Waals surface area contributed by atoms with Gasteiger partial charge in [0.05, 0.1) is 12.1 Å². The average Bonchev–Trinajstić information content (AvgIpc) is 3.14. The lowest BCUT2D eigenvalue weighted by atomic mass is 10.0. The number of rotatable bonds is 4. The predicted octanol–water partition coefficient (Wildman–Crippen LogP) is 6.18. The SMILES string of the molecule is CC(=O)Nc1ccc(C2CCC(c3ccc(C)cc3)N2c2ccc(F)cc2)cc1. The minimum Gasteiger partial charge on any atom is -0.357 e. The van der Waals surface area contributed by atoms with Gasteiger partial charge in [-0.2, -0.15) is 0 Å². The Morgan fingerprint density at radius 1 is 0.862 bits per heavy atom. The van der Waals surface area contributed by atoms with Gasteiger partial charge in [-0.3, -0.25) is 4.79 Å². The molecule has 3 aromatic carbocycles. The first-order valence-electron chi connectivity index (χ1n) is 9.99. The van der Waals surface area contributed by atoms with Crippen molar-refractivity contribution in [3.05, 3.63) is 95.3 Å². The fourth-order valence-electron chi connectivity index (χ4n) is 4.22. The van der Waals surface area contributed by atoms with E-state index in [0.717, 1.165) is 24.2 Å². The fraction of sp³-hybridized carbons (Fsp3) is 0.240. The Bertz CT molecular complexity index is 981. The first-order chi connectivity index (χ1) is 14.0. The van der Waals surface area contributed by atoms with Crippen LogP contribution in [0.5, 0.6) is 0 Å². The molecule has 1 fully saturated rings. The summed E-state index contributed by atoms with van der Waals surface area (Å²) in [5.41, 5.74) is 5.52. The smallest absolute Gasteiger partial charge is 0.221 e. The summed E-state index contributed by atoms with van der Waals surface area (Å²) in [5.74, 6) is -0.304. The van der Waals surface area contributed by atoms with Crippen LogP contribution in [0, 0.1) is 12.7 Å². The molecular weight excluding hydrogens is 363 g/mol. The Morgan fingerprint density at radius 3 is 1.90 bits per heavy atom. The number of amides is 1. The first-order valence-corrected chi connectivity index (χ1v) is 9.99. The monoisotopic (exact) mass is 388 g/mol. The molecule has 4 rings (SSSR count). The van der Waals surface area contributed by atoms with Crippen molar-refractivity contribution in [2.75, 3.05) is 10.2 Å². The van der Waals surface area contributed by atoms with Crippen molar-refractivity contribution in [1.29, 1.82) is 0 Å². The number of hydrogen-bond acceptors (Lipinski definition) is 2. The van der Waals surface area contributed by atoms with Crippen molar-refractivity contribution in [1.82, 2.24) is 0 Å². The van der Waals surface area contributed by atoms with Gasteiger partial charge in [0.25, 0.3) is 0 Å². The molecule has 0 radical (unpaired) electrons. The Labute approximate surface area is 171 Å². The van der Waals surface area contributed by atoms with E-state index in [4.69, 9.17) is 0 Å². The number of nitrogens with zero attached hydrogens (tertiary/aromatic N) is 1. The van der Waals surface area contributed by atoms with Crippen LogP contribution in [0.2, 0.25) is 0 Å². The second kappa shape index (κ2) is 8.08. The van der Waals surface area contributed by atoms with Crippen LogP contribution in [0.15, 0.2) is 72.8 Å². The van der Waals surface area contributed by atoms with Crippen LogP contribution in [-0.4, -0.2) is 5.91 Å². The molecule has 29 heavy (non-hydrogen) atoms. The van der Waals surface area contributed by atoms with E-state index in [1.54, 1.807) is 0 Å². The molecule has 1 saturated heterocycles. The van der Waals surface area contributed by atoms with Gasteiger partial charge in [0.1, 0.15) is 5.82 Å². The minimum absolute atomic E-state index is 0.0778. The Balaban J connectivity index is 1.69. The molecule has 148 valence electrons. The first kappa shape index (κ1) is 19.2. The molecule has 0 aliphatic carbocycles. The maximum absolute atomic E-state index is 13.6. The van der Waals surface area contributed by atoms with E-state index in [-0.39, 0.29) is 23.8 Å². The zero-order valence-corrected chi connectivity index (χ0v) is 16.7. The number of nitrogens with one attached hydrogen (secondary N) is 1. The number of carbonyl (C=O) groups is 1. The topological polar surface area (TPSA) is 32.3 Å². The molecule has 1 heterocycles. The van der Waals surface area contributed by atoms with Crippen molar-refractivity contribution in [3.8, 4) is 0 Å². The van der Waals surface area contributed by atoms with E-state index in [9.17, 15) is 9.18 Å². The van der Waals surface area contributed by atoms with Gasteiger partial charge < -0.3 is 10.2 Å². The normalized spacial score (nSPS) is 18.7. The quantitative estimate of drug-likeness (QED) is 0.579. The Hall–Kier alpha value is -3.14. The highest BCUT2D eigenvalue weighted by Gasteiger charge is 2.35. The zero-order chi connectivity index (χ0) is 20.4. The maximum Gasteiger partial charge on any atom is 0.221 e. The molecule has 0 spiro atoms. The fourth-order valence-corrected chi connectivity index (χ4v) is 4.22. The second-order valence-electron chi connectivity index (χ2n) is 7.71. The third-order valence-corrected chi connectivity index (χ3v) is 5.59. The summed E-state index contributed by atoms with van der Waals surface area (Å²) in [5, 5.41) is 2.82. The van der Waals surface area contributed by atoms with Gasteiger partial charge in [-0.25, -0.2) is 4.39 Å². The van der Waals surface area contributed by atoms with E-state index in [1.807, 2.05) is 24.3 Å². The maximum atomic E-state index is 13.6. The third-order valence-electron chi connectivity index (χ3n) is 5.59. The second-order valence-corrected chi connectivity index (χ2v) is 7.71. The largest absolute Gasteiger partial charge is 0.357 e. The lowest BCUT2D eigenvalue weighted by Crippen LogP contribution is -2.26. The molecule has 2 unspecified atom stereocenters. The molecule has 0 aromatic heterocycles. The number of halogens is 1. The van der Waals surface area contributed by atoms with Crippen molar-refractivity contribution < 1.29 is 9.18 Å². The van der Waals surface area contributed by atoms with Crippen molar-refractivity contribution in [2.45, 2.75) is 38.8 Å². The predicted molar refractivity (Wildman–Crippen MR) is 116 cm³/mol. The summed E-state index contributed by atoms with van der Waals surface area (Å²) in [7, 11) is 0. The van der Waals surface area contributed by atoms with Gasteiger partial charge in [0.15, 0.2) is 0 Å². The van der Waals surface area contributed by atoms with Crippen LogP contribution in [0.4, 0.5) is 15.8 Å². The highest BCUT2D eigenvalue weighted by atomic mass is 19.1. The standard InChI is InChI=1S/C25H25FN2O/c1-17-3-5-19(6-4-17)24-15-16-25(28(24)23-13-9-21(26)10-14-23)20-7-11-22(12-8-20)27-18(2)29/h3-14,24-25H,15-16H2,1-2H3,(H,27,29). The molecule has 1 aliphatic rings. The van der Waals surface area contributed by atoms with Crippen LogP contribution in [-0.2, 0) is 4.79 Å². The van der Waals surface area contributed by atoms with E-state index < -0.39 is 0 Å². The molecule has 3 aromatic rings. The molecule has 4 heteroatoms. The highest BCUT2D eigenvalue weighted by Crippen LogP contribution is 2.47. The molecule has 3 nitrogen and oxygen atoms in total. The summed E-state index contributed by atoms with van der Waals surface area (Å²) >= 11 is 0. The number of carbonyl (C=O) groups excluding carboxylic acids is 1. The van der Waals surface area contributed by atoms with E-state index >= 15 is 0 Å². The van der Waals surface area contributed by atoms with Gasteiger partial charge >= 0.3 is 0 Å². The third kappa shape index (κ3) is 4.16. The molecular formula is C25H25FN2O. The molecule has 0 saturated carbocycles. The average molecular weight is 388 g/mol. The number of benzene rings is 3. The summed E-state index contributed by atoms with van der Waals surface area (Å²) in [4.78, 5) is 13.7. The summed E-state index contributed by atoms with van der Waals surface area (Å²) in [6.45, 7) is 3.60. The summed E-state index contributed by atoms with van der Waals surface area (Å²) < 4.78 is 13.6. The van der Waals surface area contributed by atoms with Crippen molar-refractivity contribution >= 4 is 17.3 Å². The van der Waals surface area contributed by atoms with E-state index in [0.29, 0.717) is 0 Å². The summed E-state index contributed by atoms with van der Waals surface area (Å²) in [6, 6.07) is 23.9. The van der Waals surface area contributed by atoms with Gasteiger partial charge in [-0.1, -0.05) is 42.0 Å². The molecule has 1 N–H and O–H groups in total. The van der Waals surface area contributed by atoms with Crippen molar-refractivity contribution in [2.24, 2.45) is 0 Å². The number of hydrogen-bond donors (Lipinski definition) is 1. The van der Waals surface area contributed by atoms with Gasteiger partial charge in [0.2, 0.25) is 5.91 Å². The molecule has 1 amide bonds.